The molecule has 1 aliphatic rings. The molecule has 2 amide bonds. The van der Waals surface area contributed by atoms with Gasteiger partial charge in [0.15, 0.2) is 0 Å². The van der Waals surface area contributed by atoms with E-state index in [2.05, 4.69) is 76.6 Å². The van der Waals surface area contributed by atoms with Gasteiger partial charge < -0.3 is 16.4 Å². The number of amides is 2. The Hall–Kier alpha value is -2.43. The van der Waals surface area contributed by atoms with Crippen molar-refractivity contribution in [1.82, 2.24) is 10.6 Å². The molecule has 0 aliphatic carbocycles. The highest BCUT2D eigenvalue weighted by atomic mass is 16.2. The summed E-state index contributed by atoms with van der Waals surface area (Å²) < 4.78 is 0. The van der Waals surface area contributed by atoms with E-state index in [4.69, 9.17) is 5.73 Å². The molecule has 2 rings (SSSR count). The third kappa shape index (κ3) is 6.84. The molecule has 0 saturated carbocycles. The monoisotopic (exact) mass is 392 g/mol. The van der Waals surface area contributed by atoms with Crippen LogP contribution in [0.1, 0.15) is 56.7 Å². The quantitative estimate of drug-likeness (QED) is 0.433. The van der Waals surface area contributed by atoms with Gasteiger partial charge in [-0.2, -0.15) is 0 Å². The van der Waals surface area contributed by atoms with Crippen molar-refractivity contribution in [3.63, 3.8) is 0 Å². The molecule has 1 aliphatic heterocycles. The van der Waals surface area contributed by atoms with Crippen molar-refractivity contribution in [2.24, 2.45) is 11.1 Å². The average Bonchev–Trinajstić information content (AvgIpc) is 2.64. The molecule has 0 saturated heterocycles. The molecule has 29 heavy (non-hydrogen) atoms. The van der Waals surface area contributed by atoms with Gasteiger partial charge in [-0.15, -0.1) is 0 Å². The fourth-order valence-electron chi connectivity index (χ4n) is 3.62. The fourth-order valence-corrected chi connectivity index (χ4v) is 3.62. The normalized spacial score (nSPS) is 15.6. The van der Waals surface area contributed by atoms with Crippen LogP contribution in [0.25, 0.3) is 5.57 Å². The molecule has 0 aromatic heterocycles. The SMILES string of the molecule is C=C(CNC(N)=O)NC1[B]Cc2c(cccc2C(=C)CCCC(=C)C(C)(C)C)C1. The van der Waals surface area contributed by atoms with Crippen molar-refractivity contribution in [3.8, 4) is 0 Å². The molecule has 4 N–H and O–H groups in total. The van der Waals surface area contributed by atoms with Crippen LogP contribution in [-0.2, 0) is 12.7 Å². The smallest absolute Gasteiger partial charge is 0.312 e. The highest BCUT2D eigenvalue weighted by Gasteiger charge is 2.22. The number of fused-ring (bicyclic) bond motifs is 1. The Morgan fingerprint density at radius 3 is 2.62 bits per heavy atom. The van der Waals surface area contributed by atoms with Crippen molar-refractivity contribution < 1.29 is 4.79 Å². The van der Waals surface area contributed by atoms with Gasteiger partial charge in [0.25, 0.3) is 0 Å². The Morgan fingerprint density at radius 2 is 1.97 bits per heavy atom. The highest BCUT2D eigenvalue weighted by Crippen LogP contribution is 2.31. The van der Waals surface area contributed by atoms with E-state index in [-0.39, 0.29) is 11.4 Å². The zero-order valence-electron chi connectivity index (χ0n) is 18.2. The Morgan fingerprint density at radius 1 is 1.24 bits per heavy atom. The zero-order valence-corrected chi connectivity index (χ0v) is 18.2. The van der Waals surface area contributed by atoms with Gasteiger partial charge in [0.05, 0.1) is 6.54 Å². The fraction of sp³-hybridized carbons (Fsp3) is 0.458. The summed E-state index contributed by atoms with van der Waals surface area (Å²) in [6, 6.07) is 5.97. The molecule has 0 spiro atoms. The molecule has 0 bridgehead atoms. The number of rotatable bonds is 9. The molecule has 0 fully saturated rings. The minimum Gasteiger partial charge on any atom is -0.392 e. The predicted molar refractivity (Wildman–Crippen MR) is 125 cm³/mol. The van der Waals surface area contributed by atoms with E-state index >= 15 is 0 Å². The van der Waals surface area contributed by atoms with Crippen LogP contribution in [0, 0.1) is 5.41 Å². The van der Waals surface area contributed by atoms with E-state index in [1.165, 1.54) is 27.8 Å². The number of hydrogen-bond acceptors (Lipinski definition) is 2. The maximum absolute atomic E-state index is 10.8. The maximum Gasteiger partial charge on any atom is 0.312 e. The number of hydrogen-bond donors (Lipinski definition) is 3. The molecule has 1 unspecified atom stereocenters. The standard InChI is InChI=1S/C24H35BN3O/c1-16(9-7-10-17(2)24(4,5)6)20-12-8-11-19-13-22(25-14-21(19)20)28-18(3)15-27-23(26)29/h8,11-12,22,28H,1-3,7,9-10,13-15H2,4-6H3,(H3,26,27,29). The van der Waals surface area contributed by atoms with Gasteiger partial charge in [0.2, 0.25) is 0 Å². The van der Waals surface area contributed by atoms with E-state index in [1.807, 2.05) is 0 Å². The van der Waals surface area contributed by atoms with Crippen LogP contribution < -0.4 is 16.4 Å². The van der Waals surface area contributed by atoms with Crippen molar-refractivity contribution in [2.75, 3.05) is 6.54 Å². The predicted octanol–water partition coefficient (Wildman–Crippen LogP) is 4.33. The first kappa shape index (κ1) is 22.9. The lowest BCUT2D eigenvalue weighted by atomic mass is 9.57. The molecule has 1 heterocycles. The summed E-state index contributed by atoms with van der Waals surface area (Å²) in [6.07, 6.45) is 4.90. The van der Waals surface area contributed by atoms with Crippen molar-refractivity contribution in [2.45, 2.75) is 58.7 Å². The first-order valence-electron chi connectivity index (χ1n) is 10.4. The summed E-state index contributed by atoms with van der Waals surface area (Å²) in [4.78, 5) is 10.8. The van der Waals surface area contributed by atoms with Gasteiger partial charge in [-0.3, -0.25) is 0 Å². The summed E-state index contributed by atoms with van der Waals surface area (Å²) in [6.45, 7) is 19.6. The van der Waals surface area contributed by atoms with Gasteiger partial charge in [-0.25, -0.2) is 4.79 Å². The van der Waals surface area contributed by atoms with E-state index in [0.29, 0.717) is 6.54 Å². The minimum absolute atomic E-state index is 0.168. The highest BCUT2D eigenvalue weighted by molar-refractivity contribution is 6.38. The largest absolute Gasteiger partial charge is 0.392 e. The average molecular weight is 392 g/mol. The molecule has 1 atom stereocenters. The van der Waals surface area contributed by atoms with E-state index < -0.39 is 6.03 Å². The van der Waals surface area contributed by atoms with E-state index in [9.17, 15) is 4.79 Å². The van der Waals surface area contributed by atoms with Gasteiger partial charge in [-0.05, 0) is 59.3 Å². The van der Waals surface area contributed by atoms with Gasteiger partial charge in [0.1, 0.15) is 7.28 Å². The molecule has 1 aromatic rings. The molecular weight excluding hydrogens is 357 g/mol. The lowest BCUT2D eigenvalue weighted by Crippen LogP contribution is -2.43. The van der Waals surface area contributed by atoms with Gasteiger partial charge in [0, 0.05) is 5.70 Å². The Bertz CT molecular complexity index is 792. The van der Waals surface area contributed by atoms with Crippen LogP contribution in [0.4, 0.5) is 4.79 Å². The number of allylic oxidation sites excluding steroid dienone is 2. The molecule has 4 nitrogen and oxygen atoms in total. The van der Waals surface area contributed by atoms with Gasteiger partial charge >= 0.3 is 6.03 Å². The van der Waals surface area contributed by atoms with Crippen LogP contribution in [0.2, 0.25) is 0 Å². The Labute approximate surface area is 177 Å². The van der Waals surface area contributed by atoms with E-state index in [0.717, 1.165) is 37.7 Å². The Balaban J connectivity index is 1.94. The summed E-state index contributed by atoms with van der Waals surface area (Å²) in [5.74, 6) is 0.198. The second kappa shape index (κ2) is 9.86. The Kier molecular flexibility index (Phi) is 7.77. The second-order valence-corrected chi connectivity index (χ2v) is 8.97. The third-order valence-electron chi connectivity index (χ3n) is 5.58. The number of urea groups is 1. The van der Waals surface area contributed by atoms with Crippen molar-refractivity contribution in [1.29, 1.82) is 0 Å². The topological polar surface area (TPSA) is 67.1 Å². The number of benzene rings is 1. The molecule has 1 aromatic carbocycles. The number of nitrogens with two attached hydrogens (primary N) is 1. The first-order chi connectivity index (χ1) is 13.6. The second-order valence-electron chi connectivity index (χ2n) is 8.97. The molecular formula is C24H35BN3O. The first-order valence-corrected chi connectivity index (χ1v) is 10.4. The molecule has 5 heteroatoms. The number of carbonyl (C=O) groups is 1. The summed E-state index contributed by atoms with van der Waals surface area (Å²) in [5.41, 5.74) is 12.6. The van der Waals surface area contributed by atoms with Gasteiger partial charge in [-0.1, -0.05) is 70.6 Å². The van der Waals surface area contributed by atoms with Crippen molar-refractivity contribution in [3.05, 3.63) is 65.9 Å². The third-order valence-corrected chi connectivity index (χ3v) is 5.58. The molecule has 155 valence electrons. The summed E-state index contributed by atoms with van der Waals surface area (Å²) in [7, 11) is 2.27. The van der Waals surface area contributed by atoms with Crippen LogP contribution >= 0.6 is 0 Å². The van der Waals surface area contributed by atoms with Crippen LogP contribution in [0.5, 0.6) is 0 Å². The van der Waals surface area contributed by atoms with Crippen LogP contribution in [-0.4, -0.2) is 25.8 Å². The summed E-state index contributed by atoms with van der Waals surface area (Å²) >= 11 is 0. The lowest BCUT2D eigenvalue weighted by molar-refractivity contribution is 0.249. The summed E-state index contributed by atoms with van der Waals surface area (Å²) in [5, 5.41) is 5.93. The maximum atomic E-state index is 10.8. The number of carbonyl (C=O) groups excluding carboxylic acids is 1. The lowest BCUT2D eigenvalue weighted by Gasteiger charge is -2.28. The van der Waals surface area contributed by atoms with Crippen LogP contribution in [0.3, 0.4) is 0 Å². The minimum atomic E-state index is -0.542. The molecule has 1 radical (unpaired) electrons. The zero-order chi connectivity index (χ0) is 21.6. The number of primary amides is 1. The van der Waals surface area contributed by atoms with Crippen molar-refractivity contribution >= 4 is 18.9 Å². The van der Waals surface area contributed by atoms with E-state index in [1.54, 1.807) is 0 Å². The number of nitrogens with one attached hydrogen (secondary N) is 2. The van der Waals surface area contributed by atoms with Crippen LogP contribution in [0.15, 0.2) is 49.2 Å².